The molecule has 0 fully saturated rings. The number of carbonyl (C=O) groups excluding carboxylic acids is 2. The molecule has 0 saturated carbocycles. The maximum absolute atomic E-state index is 12.1. The lowest BCUT2D eigenvalue weighted by atomic mass is 10.3. The van der Waals surface area contributed by atoms with Crippen LogP contribution in [0, 0.1) is 0 Å². The SMILES string of the molecule is CC(=O)Nc1ccc(SC(C)C(=O)NCCc2cccs2)cc1. The van der Waals surface area contributed by atoms with Crippen molar-refractivity contribution in [2.24, 2.45) is 0 Å². The first-order valence-electron chi connectivity index (χ1n) is 7.39. The minimum absolute atomic E-state index is 0.0393. The number of carbonyl (C=O) groups is 2. The first kappa shape index (κ1) is 17.6. The van der Waals surface area contributed by atoms with Crippen LogP contribution < -0.4 is 10.6 Å². The maximum atomic E-state index is 12.1. The van der Waals surface area contributed by atoms with E-state index < -0.39 is 0 Å². The van der Waals surface area contributed by atoms with E-state index >= 15 is 0 Å². The Labute approximate surface area is 144 Å². The third-order valence-electron chi connectivity index (χ3n) is 3.11. The number of hydrogen-bond donors (Lipinski definition) is 2. The van der Waals surface area contributed by atoms with Gasteiger partial charge >= 0.3 is 0 Å². The number of anilines is 1. The molecule has 1 aromatic carbocycles. The van der Waals surface area contributed by atoms with Crippen LogP contribution in [0.5, 0.6) is 0 Å². The Balaban J connectivity index is 1.77. The third-order valence-corrected chi connectivity index (χ3v) is 5.16. The van der Waals surface area contributed by atoms with Gasteiger partial charge in [-0.3, -0.25) is 9.59 Å². The summed E-state index contributed by atoms with van der Waals surface area (Å²) < 4.78 is 0. The van der Waals surface area contributed by atoms with E-state index in [1.807, 2.05) is 42.6 Å². The van der Waals surface area contributed by atoms with E-state index in [4.69, 9.17) is 0 Å². The molecule has 1 heterocycles. The number of rotatable bonds is 7. The molecule has 0 spiro atoms. The van der Waals surface area contributed by atoms with E-state index in [1.165, 1.54) is 23.6 Å². The summed E-state index contributed by atoms with van der Waals surface area (Å²) in [6.07, 6.45) is 0.867. The molecule has 0 saturated heterocycles. The van der Waals surface area contributed by atoms with E-state index in [0.717, 1.165) is 17.0 Å². The van der Waals surface area contributed by atoms with Crippen LogP contribution >= 0.6 is 23.1 Å². The van der Waals surface area contributed by atoms with Gasteiger partial charge in [0.25, 0.3) is 0 Å². The van der Waals surface area contributed by atoms with Gasteiger partial charge < -0.3 is 10.6 Å². The van der Waals surface area contributed by atoms with Crippen molar-refractivity contribution in [3.63, 3.8) is 0 Å². The van der Waals surface area contributed by atoms with Gasteiger partial charge in [0, 0.05) is 28.9 Å². The largest absolute Gasteiger partial charge is 0.355 e. The van der Waals surface area contributed by atoms with Gasteiger partial charge in [-0.15, -0.1) is 23.1 Å². The van der Waals surface area contributed by atoms with Crippen molar-refractivity contribution in [2.45, 2.75) is 30.4 Å². The number of nitrogens with one attached hydrogen (secondary N) is 2. The molecule has 2 rings (SSSR count). The van der Waals surface area contributed by atoms with Crippen LogP contribution in [0.2, 0.25) is 0 Å². The molecule has 122 valence electrons. The average Bonchev–Trinajstić information content (AvgIpc) is 3.02. The lowest BCUT2D eigenvalue weighted by Gasteiger charge is -2.12. The second-order valence-corrected chi connectivity index (χ2v) is 7.53. The number of thioether (sulfide) groups is 1. The summed E-state index contributed by atoms with van der Waals surface area (Å²) in [5, 5.41) is 7.57. The normalized spacial score (nSPS) is 11.7. The molecule has 1 atom stereocenters. The first-order valence-corrected chi connectivity index (χ1v) is 9.15. The Morgan fingerprint density at radius 3 is 2.57 bits per heavy atom. The molecule has 4 nitrogen and oxygen atoms in total. The van der Waals surface area contributed by atoms with Crippen molar-refractivity contribution in [1.29, 1.82) is 0 Å². The highest BCUT2D eigenvalue weighted by molar-refractivity contribution is 8.00. The van der Waals surface area contributed by atoms with Gasteiger partial charge in [-0.1, -0.05) is 6.07 Å². The molecule has 0 aliphatic heterocycles. The van der Waals surface area contributed by atoms with Crippen LogP contribution in [0.4, 0.5) is 5.69 Å². The average molecular weight is 348 g/mol. The highest BCUT2D eigenvalue weighted by Crippen LogP contribution is 2.24. The Bertz CT molecular complexity index is 639. The van der Waals surface area contributed by atoms with Crippen molar-refractivity contribution >= 4 is 40.6 Å². The van der Waals surface area contributed by atoms with Gasteiger partial charge in [0.15, 0.2) is 0 Å². The smallest absolute Gasteiger partial charge is 0.233 e. The van der Waals surface area contributed by atoms with Crippen LogP contribution in [0.3, 0.4) is 0 Å². The summed E-state index contributed by atoms with van der Waals surface area (Å²) in [7, 11) is 0. The Hall–Kier alpha value is -1.79. The maximum Gasteiger partial charge on any atom is 0.233 e. The molecule has 1 unspecified atom stereocenters. The van der Waals surface area contributed by atoms with Crippen LogP contribution in [-0.4, -0.2) is 23.6 Å². The quantitative estimate of drug-likeness (QED) is 0.753. The third kappa shape index (κ3) is 6.08. The molecular formula is C17H20N2O2S2. The molecule has 0 aliphatic rings. The summed E-state index contributed by atoms with van der Waals surface area (Å²) >= 11 is 3.21. The van der Waals surface area contributed by atoms with E-state index in [0.29, 0.717) is 6.54 Å². The highest BCUT2D eigenvalue weighted by Gasteiger charge is 2.13. The second kappa shape index (κ2) is 8.74. The first-order chi connectivity index (χ1) is 11.0. The number of thiophene rings is 1. The summed E-state index contributed by atoms with van der Waals surface area (Å²) in [6, 6.07) is 11.6. The summed E-state index contributed by atoms with van der Waals surface area (Å²) in [5.74, 6) is -0.0543. The van der Waals surface area contributed by atoms with Crippen LogP contribution in [0.15, 0.2) is 46.7 Å². The van der Waals surface area contributed by atoms with Crippen molar-refractivity contribution in [2.75, 3.05) is 11.9 Å². The topological polar surface area (TPSA) is 58.2 Å². The predicted octanol–water partition coefficient (Wildman–Crippen LogP) is 3.55. The standard InChI is InChI=1S/C17H20N2O2S2/c1-12(17(21)18-10-9-15-4-3-11-22-15)23-16-7-5-14(6-8-16)19-13(2)20/h3-8,11-12H,9-10H2,1-2H3,(H,18,21)(H,19,20). The van der Waals surface area contributed by atoms with Crippen molar-refractivity contribution in [3.8, 4) is 0 Å². The Morgan fingerprint density at radius 1 is 1.22 bits per heavy atom. The van der Waals surface area contributed by atoms with E-state index in [2.05, 4.69) is 16.7 Å². The molecule has 2 N–H and O–H groups in total. The molecule has 1 aromatic heterocycles. The lowest BCUT2D eigenvalue weighted by molar-refractivity contribution is -0.120. The zero-order valence-electron chi connectivity index (χ0n) is 13.2. The Kier molecular flexibility index (Phi) is 6.67. The van der Waals surface area contributed by atoms with Crippen molar-refractivity contribution in [1.82, 2.24) is 5.32 Å². The second-order valence-electron chi connectivity index (χ2n) is 5.09. The number of amides is 2. The molecule has 2 amide bonds. The fraction of sp³-hybridized carbons (Fsp3) is 0.294. The summed E-state index contributed by atoms with van der Waals surface area (Å²) in [6.45, 7) is 4.03. The zero-order chi connectivity index (χ0) is 16.7. The minimum Gasteiger partial charge on any atom is -0.355 e. The molecule has 0 bridgehead atoms. The fourth-order valence-electron chi connectivity index (χ4n) is 1.99. The number of hydrogen-bond acceptors (Lipinski definition) is 4. The predicted molar refractivity (Wildman–Crippen MR) is 97.1 cm³/mol. The van der Waals surface area contributed by atoms with E-state index in [9.17, 15) is 9.59 Å². The van der Waals surface area contributed by atoms with Crippen LogP contribution in [0.1, 0.15) is 18.7 Å². The lowest BCUT2D eigenvalue weighted by Crippen LogP contribution is -2.32. The molecule has 0 radical (unpaired) electrons. The summed E-state index contributed by atoms with van der Waals surface area (Å²) in [5.41, 5.74) is 0.759. The zero-order valence-corrected chi connectivity index (χ0v) is 14.8. The van der Waals surface area contributed by atoms with E-state index in [-0.39, 0.29) is 17.1 Å². The van der Waals surface area contributed by atoms with Crippen molar-refractivity contribution in [3.05, 3.63) is 46.7 Å². The monoisotopic (exact) mass is 348 g/mol. The van der Waals surface area contributed by atoms with Crippen molar-refractivity contribution < 1.29 is 9.59 Å². The molecule has 0 aliphatic carbocycles. The van der Waals surface area contributed by atoms with Gasteiger partial charge in [0.1, 0.15) is 0 Å². The van der Waals surface area contributed by atoms with Gasteiger partial charge in [0.2, 0.25) is 11.8 Å². The molecular weight excluding hydrogens is 328 g/mol. The number of benzene rings is 1. The minimum atomic E-state index is -0.162. The van der Waals surface area contributed by atoms with Gasteiger partial charge in [0.05, 0.1) is 5.25 Å². The van der Waals surface area contributed by atoms with Crippen LogP contribution in [-0.2, 0) is 16.0 Å². The van der Waals surface area contributed by atoms with Gasteiger partial charge in [-0.2, -0.15) is 0 Å². The van der Waals surface area contributed by atoms with Crippen LogP contribution in [0.25, 0.3) is 0 Å². The Morgan fingerprint density at radius 2 is 1.96 bits per heavy atom. The van der Waals surface area contributed by atoms with Gasteiger partial charge in [-0.05, 0) is 49.1 Å². The summed E-state index contributed by atoms with van der Waals surface area (Å²) in [4.78, 5) is 25.4. The molecule has 6 heteroatoms. The molecule has 23 heavy (non-hydrogen) atoms. The van der Waals surface area contributed by atoms with Gasteiger partial charge in [-0.25, -0.2) is 0 Å². The molecule has 2 aromatic rings. The fourth-order valence-corrected chi connectivity index (χ4v) is 3.59. The highest BCUT2D eigenvalue weighted by atomic mass is 32.2. The van der Waals surface area contributed by atoms with E-state index in [1.54, 1.807) is 11.3 Å².